The Kier molecular flexibility index (Phi) is 58.2. The first kappa shape index (κ1) is 69.1. The lowest BCUT2D eigenvalue weighted by molar-refractivity contribution is -0.167. The summed E-state index contributed by atoms with van der Waals surface area (Å²) >= 11 is 0. The van der Waals surface area contributed by atoms with E-state index in [1.54, 1.807) is 0 Å². The van der Waals surface area contributed by atoms with Crippen molar-refractivity contribution in [3.63, 3.8) is 0 Å². The zero-order chi connectivity index (χ0) is 52.2. The van der Waals surface area contributed by atoms with Gasteiger partial charge in [0.05, 0.1) is 0 Å². The van der Waals surface area contributed by atoms with Gasteiger partial charge in [0.1, 0.15) is 13.2 Å². The van der Waals surface area contributed by atoms with Gasteiger partial charge in [-0.15, -0.1) is 0 Å². The number of rotatable bonds is 57. The minimum absolute atomic E-state index is 0.0940. The average molecular weight is 1010 g/mol. The molecule has 6 heteroatoms. The van der Waals surface area contributed by atoms with E-state index < -0.39 is 6.10 Å². The lowest BCUT2D eigenvalue weighted by Gasteiger charge is -2.18. The fraction of sp³-hybridized carbons (Fsp3) is 0.803. The van der Waals surface area contributed by atoms with Gasteiger partial charge in [-0.25, -0.2) is 0 Å². The molecule has 1 atom stereocenters. The minimum Gasteiger partial charge on any atom is -0.462 e. The molecular weight excluding hydrogens is 889 g/mol. The Morgan fingerprint density at radius 3 is 0.847 bits per heavy atom. The van der Waals surface area contributed by atoms with Crippen molar-refractivity contribution in [2.75, 3.05) is 13.2 Å². The van der Waals surface area contributed by atoms with Crippen molar-refractivity contribution >= 4 is 17.9 Å². The summed E-state index contributed by atoms with van der Waals surface area (Å²) in [6.07, 6.45) is 76.5. The van der Waals surface area contributed by atoms with E-state index in [1.165, 1.54) is 205 Å². The first-order valence-electron chi connectivity index (χ1n) is 31.3. The van der Waals surface area contributed by atoms with Crippen LogP contribution >= 0.6 is 0 Å². The van der Waals surface area contributed by atoms with E-state index in [0.29, 0.717) is 19.3 Å². The van der Waals surface area contributed by atoms with Crippen molar-refractivity contribution in [1.29, 1.82) is 0 Å². The molecule has 0 rings (SSSR count). The molecular formula is C66H118O6. The van der Waals surface area contributed by atoms with Gasteiger partial charge >= 0.3 is 17.9 Å². The molecule has 0 aliphatic rings. The summed E-state index contributed by atoms with van der Waals surface area (Å²) < 4.78 is 16.9. The smallest absolute Gasteiger partial charge is 0.306 e. The number of unbranched alkanes of at least 4 members (excludes halogenated alkanes) is 36. The van der Waals surface area contributed by atoms with Crippen LogP contribution in [-0.4, -0.2) is 37.2 Å². The Labute approximate surface area is 447 Å². The van der Waals surface area contributed by atoms with Crippen LogP contribution in [-0.2, 0) is 28.6 Å². The highest BCUT2D eigenvalue weighted by atomic mass is 16.6. The third kappa shape index (κ3) is 58.0. The van der Waals surface area contributed by atoms with Crippen LogP contribution in [0.3, 0.4) is 0 Å². The van der Waals surface area contributed by atoms with E-state index in [-0.39, 0.29) is 37.5 Å². The van der Waals surface area contributed by atoms with Crippen molar-refractivity contribution in [1.82, 2.24) is 0 Å². The van der Waals surface area contributed by atoms with Crippen molar-refractivity contribution in [2.45, 2.75) is 329 Å². The molecule has 0 heterocycles. The molecule has 0 aromatic carbocycles. The summed E-state index contributed by atoms with van der Waals surface area (Å²) in [7, 11) is 0. The van der Waals surface area contributed by atoms with Gasteiger partial charge in [-0.1, -0.05) is 261 Å². The molecule has 0 aliphatic heterocycles. The Morgan fingerprint density at radius 1 is 0.278 bits per heavy atom. The normalized spacial score (nSPS) is 12.4. The topological polar surface area (TPSA) is 78.9 Å². The van der Waals surface area contributed by atoms with Crippen LogP contribution in [0, 0.1) is 0 Å². The largest absolute Gasteiger partial charge is 0.462 e. The van der Waals surface area contributed by atoms with Gasteiger partial charge in [-0.2, -0.15) is 0 Å². The van der Waals surface area contributed by atoms with Crippen LogP contribution in [0.15, 0.2) is 60.8 Å². The maximum Gasteiger partial charge on any atom is 0.306 e. The maximum absolute atomic E-state index is 12.9. The summed E-state index contributed by atoms with van der Waals surface area (Å²) in [6.45, 7) is 6.62. The van der Waals surface area contributed by atoms with Crippen molar-refractivity contribution < 1.29 is 28.6 Å². The lowest BCUT2D eigenvalue weighted by Crippen LogP contribution is -2.30. The molecule has 0 bridgehead atoms. The van der Waals surface area contributed by atoms with E-state index >= 15 is 0 Å². The number of allylic oxidation sites excluding steroid dienone is 10. The number of carbonyl (C=O) groups is 3. The molecule has 6 nitrogen and oxygen atoms in total. The highest BCUT2D eigenvalue weighted by molar-refractivity contribution is 5.71. The van der Waals surface area contributed by atoms with E-state index in [9.17, 15) is 14.4 Å². The van der Waals surface area contributed by atoms with Crippen molar-refractivity contribution in [2.24, 2.45) is 0 Å². The lowest BCUT2D eigenvalue weighted by atomic mass is 10.1. The third-order valence-corrected chi connectivity index (χ3v) is 13.7. The van der Waals surface area contributed by atoms with Gasteiger partial charge in [0.2, 0.25) is 0 Å². The van der Waals surface area contributed by atoms with E-state index in [1.807, 2.05) is 0 Å². The zero-order valence-corrected chi connectivity index (χ0v) is 47.9. The molecule has 1 unspecified atom stereocenters. The molecule has 0 saturated heterocycles. The average Bonchev–Trinajstić information content (AvgIpc) is 3.38. The molecule has 418 valence electrons. The summed E-state index contributed by atoms with van der Waals surface area (Å²) in [4.78, 5) is 38.2. The Balaban J connectivity index is 4.44. The van der Waals surface area contributed by atoms with Gasteiger partial charge in [0.15, 0.2) is 6.10 Å². The molecule has 0 aromatic heterocycles. The monoisotopic (exact) mass is 1010 g/mol. The van der Waals surface area contributed by atoms with Crippen LogP contribution in [0.25, 0.3) is 0 Å². The number of hydrogen-bond acceptors (Lipinski definition) is 6. The van der Waals surface area contributed by atoms with Crippen LogP contribution < -0.4 is 0 Å². The van der Waals surface area contributed by atoms with Crippen molar-refractivity contribution in [3.8, 4) is 0 Å². The highest BCUT2D eigenvalue weighted by Gasteiger charge is 2.19. The summed E-state index contributed by atoms with van der Waals surface area (Å²) in [5, 5.41) is 0. The molecule has 0 N–H and O–H groups in total. The van der Waals surface area contributed by atoms with Gasteiger partial charge < -0.3 is 14.2 Å². The predicted octanol–water partition coefficient (Wildman–Crippen LogP) is 21.2. The summed E-state index contributed by atoms with van der Waals surface area (Å²) in [5.41, 5.74) is 0. The molecule has 0 radical (unpaired) electrons. The van der Waals surface area contributed by atoms with Gasteiger partial charge in [0, 0.05) is 19.3 Å². The minimum atomic E-state index is -0.801. The van der Waals surface area contributed by atoms with E-state index in [2.05, 4.69) is 81.5 Å². The van der Waals surface area contributed by atoms with Gasteiger partial charge in [0.25, 0.3) is 0 Å². The van der Waals surface area contributed by atoms with Crippen LogP contribution in [0.2, 0.25) is 0 Å². The third-order valence-electron chi connectivity index (χ3n) is 13.7. The second-order valence-electron chi connectivity index (χ2n) is 21.0. The van der Waals surface area contributed by atoms with Crippen LogP contribution in [0.1, 0.15) is 323 Å². The van der Waals surface area contributed by atoms with E-state index in [0.717, 1.165) is 70.6 Å². The molecule has 0 aromatic rings. The highest BCUT2D eigenvalue weighted by Crippen LogP contribution is 2.16. The molecule has 72 heavy (non-hydrogen) atoms. The maximum atomic E-state index is 12.9. The second-order valence-corrected chi connectivity index (χ2v) is 21.0. The molecule has 0 fully saturated rings. The first-order valence-corrected chi connectivity index (χ1v) is 31.3. The van der Waals surface area contributed by atoms with Gasteiger partial charge in [-0.05, 0) is 103 Å². The van der Waals surface area contributed by atoms with E-state index in [4.69, 9.17) is 14.2 Å². The van der Waals surface area contributed by atoms with Crippen LogP contribution in [0.5, 0.6) is 0 Å². The number of ether oxygens (including phenoxy) is 3. The Morgan fingerprint density at radius 2 is 0.514 bits per heavy atom. The first-order chi connectivity index (χ1) is 35.5. The van der Waals surface area contributed by atoms with Gasteiger partial charge in [-0.3, -0.25) is 14.4 Å². The number of carbonyl (C=O) groups excluding carboxylic acids is 3. The summed E-state index contributed by atoms with van der Waals surface area (Å²) in [5.74, 6) is -0.946. The molecule has 0 amide bonds. The van der Waals surface area contributed by atoms with Crippen LogP contribution in [0.4, 0.5) is 0 Å². The fourth-order valence-electron chi connectivity index (χ4n) is 8.98. The predicted molar refractivity (Wildman–Crippen MR) is 312 cm³/mol. The quantitative estimate of drug-likeness (QED) is 0.0261. The molecule has 0 saturated carbocycles. The Hall–Kier alpha value is -2.89. The van der Waals surface area contributed by atoms with Crippen molar-refractivity contribution in [3.05, 3.63) is 60.8 Å². The molecule has 0 aliphatic carbocycles. The Bertz CT molecular complexity index is 1290. The SMILES string of the molecule is CCCCCCCC/C=C\C/C=C\C/C=C\CCCC(=O)OCC(COC(=O)CCCCCCCCC/C=C\CCCCCCCCCC)OC(=O)CCCCCCC/C=C\CCCCCCCCCCC. The fourth-order valence-corrected chi connectivity index (χ4v) is 8.98. The second kappa shape index (κ2) is 60.7. The zero-order valence-electron chi connectivity index (χ0n) is 47.9. The number of esters is 3. The summed E-state index contributed by atoms with van der Waals surface area (Å²) in [6, 6.07) is 0. The number of hydrogen-bond donors (Lipinski definition) is 0. The molecule has 0 spiro atoms. The standard InChI is InChI=1S/C66H118O6/c1-4-7-10-13-16-19-22-25-28-31-33-36-38-41-44-47-50-53-56-59-65(68)71-62-63(61-70-64(67)58-55-52-49-46-43-40-37-34-30-27-24-21-18-15-12-9-6-3)72-66(69)60-57-54-51-48-45-42-39-35-32-29-26-23-20-17-14-11-8-5-2/h27,30-31,33,35,37,39-40,46,49,63H,4-26,28-29,32,34,36,38,41-45,47-48,50-62H2,1-3H3/b30-27-,33-31-,39-35-,40-37-,49-46-.